The van der Waals surface area contributed by atoms with E-state index in [1.807, 2.05) is 5.38 Å². The van der Waals surface area contributed by atoms with Crippen LogP contribution in [0.5, 0.6) is 0 Å². The Balaban J connectivity index is 2.00. The second-order valence-corrected chi connectivity index (χ2v) is 6.40. The van der Waals surface area contributed by atoms with E-state index >= 15 is 0 Å². The van der Waals surface area contributed by atoms with Crippen LogP contribution in [-0.2, 0) is 17.4 Å². The van der Waals surface area contributed by atoms with Gasteiger partial charge in [-0.3, -0.25) is 4.79 Å². The third kappa shape index (κ3) is 4.11. The number of carboxylic acid groups (broad SMARTS) is 1. The number of alkyl halides is 3. The Bertz CT molecular complexity index is 882. The third-order valence-corrected chi connectivity index (χ3v) is 4.48. The first-order chi connectivity index (χ1) is 11.8. The van der Waals surface area contributed by atoms with Crippen molar-refractivity contribution < 1.29 is 23.1 Å². The molecule has 0 radical (unpaired) electrons. The van der Waals surface area contributed by atoms with E-state index in [1.54, 1.807) is 29.8 Å². The average molecular weight is 365 g/mol. The zero-order valence-electron chi connectivity index (χ0n) is 12.9. The summed E-state index contributed by atoms with van der Waals surface area (Å²) in [7, 11) is 0. The highest BCUT2D eigenvalue weighted by atomic mass is 32.1. The molecule has 0 fully saturated rings. The Morgan fingerprint density at radius 1 is 1.08 bits per heavy atom. The molecule has 2 N–H and O–H groups in total. The highest BCUT2D eigenvalue weighted by Crippen LogP contribution is 2.37. The van der Waals surface area contributed by atoms with Crippen LogP contribution in [0.2, 0.25) is 0 Å². The van der Waals surface area contributed by atoms with Crippen molar-refractivity contribution in [3.05, 3.63) is 58.5 Å². The number of hydrogen-bond acceptors (Lipinski definition) is 2. The molecule has 0 atom stereocenters. The van der Waals surface area contributed by atoms with Crippen molar-refractivity contribution in [3.63, 3.8) is 0 Å². The summed E-state index contributed by atoms with van der Waals surface area (Å²) in [6.45, 7) is 0. The number of hydrogen-bond donors (Lipinski definition) is 2. The standard InChI is InChI=1S/C18H14F3NO2S/c19-18(20,21)15-6-12(11-3-4-25-10-11)5-13(7-15)14-8-16(22-9-14)1-2-17(23)24/h3-10,22H,1-2H2,(H,23,24). The minimum Gasteiger partial charge on any atom is -0.481 e. The summed E-state index contributed by atoms with van der Waals surface area (Å²) < 4.78 is 39.7. The highest BCUT2D eigenvalue weighted by molar-refractivity contribution is 7.08. The molecule has 1 aromatic carbocycles. The number of aromatic amines is 1. The van der Waals surface area contributed by atoms with Gasteiger partial charge in [0, 0.05) is 11.9 Å². The van der Waals surface area contributed by atoms with E-state index in [2.05, 4.69) is 4.98 Å². The first kappa shape index (κ1) is 17.3. The average Bonchev–Trinajstić information content (AvgIpc) is 3.23. The molecule has 0 bridgehead atoms. The molecule has 2 aromatic heterocycles. The van der Waals surface area contributed by atoms with Gasteiger partial charge in [0.05, 0.1) is 12.0 Å². The maximum Gasteiger partial charge on any atom is 0.416 e. The molecule has 0 spiro atoms. The van der Waals surface area contributed by atoms with Gasteiger partial charge in [-0.25, -0.2) is 0 Å². The van der Waals surface area contributed by atoms with Crippen molar-refractivity contribution in [3.8, 4) is 22.3 Å². The Labute approximate surface area is 145 Å². The number of rotatable bonds is 5. The second-order valence-electron chi connectivity index (χ2n) is 5.62. The molecule has 0 aliphatic rings. The van der Waals surface area contributed by atoms with Crippen LogP contribution in [0.25, 0.3) is 22.3 Å². The van der Waals surface area contributed by atoms with Gasteiger partial charge >= 0.3 is 12.1 Å². The molecule has 3 nitrogen and oxygen atoms in total. The highest BCUT2D eigenvalue weighted by Gasteiger charge is 2.31. The van der Waals surface area contributed by atoms with Crippen molar-refractivity contribution in [1.82, 2.24) is 4.98 Å². The van der Waals surface area contributed by atoms with Crippen LogP contribution in [0, 0.1) is 0 Å². The van der Waals surface area contributed by atoms with Crippen molar-refractivity contribution in [1.29, 1.82) is 0 Å². The molecular formula is C18H14F3NO2S. The summed E-state index contributed by atoms with van der Waals surface area (Å²) in [6, 6.07) is 7.43. The molecule has 0 aliphatic heterocycles. The van der Waals surface area contributed by atoms with Crippen LogP contribution in [0.4, 0.5) is 13.2 Å². The summed E-state index contributed by atoms with van der Waals surface area (Å²) >= 11 is 1.42. The molecule has 0 unspecified atom stereocenters. The van der Waals surface area contributed by atoms with Gasteiger partial charge in [0.25, 0.3) is 0 Å². The summed E-state index contributed by atoms with van der Waals surface area (Å²) in [5.41, 5.74) is 2.24. The van der Waals surface area contributed by atoms with Crippen LogP contribution in [0.1, 0.15) is 17.7 Å². The maximum atomic E-state index is 13.2. The fraction of sp³-hybridized carbons (Fsp3) is 0.167. The van der Waals surface area contributed by atoms with Gasteiger partial charge in [0.2, 0.25) is 0 Å². The number of H-pyrrole nitrogens is 1. The van der Waals surface area contributed by atoms with Crippen LogP contribution in [-0.4, -0.2) is 16.1 Å². The van der Waals surface area contributed by atoms with Gasteiger partial charge in [-0.05, 0) is 69.8 Å². The first-order valence-electron chi connectivity index (χ1n) is 7.47. The molecule has 0 saturated carbocycles. The quantitative estimate of drug-likeness (QED) is 0.632. The predicted octanol–water partition coefficient (Wildman–Crippen LogP) is 5.45. The van der Waals surface area contributed by atoms with E-state index < -0.39 is 17.7 Å². The number of halogens is 3. The Hall–Kier alpha value is -2.54. The molecule has 2 heterocycles. The monoisotopic (exact) mass is 365 g/mol. The van der Waals surface area contributed by atoms with E-state index in [0.717, 1.165) is 17.7 Å². The lowest BCUT2D eigenvalue weighted by Crippen LogP contribution is -2.05. The molecule has 3 rings (SSSR count). The van der Waals surface area contributed by atoms with Crippen LogP contribution >= 0.6 is 11.3 Å². The van der Waals surface area contributed by atoms with E-state index in [9.17, 15) is 18.0 Å². The predicted molar refractivity (Wildman–Crippen MR) is 90.5 cm³/mol. The van der Waals surface area contributed by atoms with Crippen molar-refractivity contribution in [2.24, 2.45) is 0 Å². The number of nitrogens with one attached hydrogen (secondary N) is 1. The minimum atomic E-state index is -4.44. The number of carbonyl (C=O) groups is 1. The van der Waals surface area contributed by atoms with Gasteiger partial charge in [-0.2, -0.15) is 24.5 Å². The van der Waals surface area contributed by atoms with Crippen LogP contribution in [0.3, 0.4) is 0 Å². The summed E-state index contributed by atoms with van der Waals surface area (Å²) in [5, 5.41) is 12.3. The SMILES string of the molecule is O=C(O)CCc1cc(-c2cc(-c3ccsc3)cc(C(F)(F)F)c2)c[nH]1. The lowest BCUT2D eigenvalue weighted by Gasteiger charge is -2.11. The zero-order chi connectivity index (χ0) is 18.0. The number of benzene rings is 1. The van der Waals surface area contributed by atoms with E-state index in [1.165, 1.54) is 11.3 Å². The molecule has 0 saturated heterocycles. The van der Waals surface area contributed by atoms with E-state index in [0.29, 0.717) is 28.8 Å². The lowest BCUT2D eigenvalue weighted by atomic mass is 9.98. The number of aliphatic carboxylic acids is 1. The number of thiophene rings is 1. The third-order valence-electron chi connectivity index (χ3n) is 3.80. The number of carboxylic acids is 1. The number of aryl methyl sites for hydroxylation is 1. The zero-order valence-corrected chi connectivity index (χ0v) is 13.7. The first-order valence-corrected chi connectivity index (χ1v) is 8.41. The lowest BCUT2D eigenvalue weighted by molar-refractivity contribution is -0.138. The topological polar surface area (TPSA) is 53.1 Å². The van der Waals surface area contributed by atoms with Gasteiger partial charge < -0.3 is 10.1 Å². The van der Waals surface area contributed by atoms with Crippen LogP contribution in [0.15, 0.2) is 47.3 Å². The molecule has 0 aliphatic carbocycles. The largest absolute Gasteiger partial charge is 0.481 e. The van der Waals surface area contributed by atoms with Gasteiger partial charge in [0.15, 0.2) is 0 Å². The molecule has 130 valence electrons. The normalized spacial score (nSPS) is 11.6. The fourth-order valence-electron chi connectivity index (χ4n) is 2.55. The Morgan fingerprint density at radius 2 is 1.80 bits per heavy atom. The fourth-order valence-corrected chi connectivity index (χ4v) is 3.21. The summed E-state index contributed by atoms with van der Waals surface area (Å²) in [4.78, 5) is 13.6. The van der Waals surface area contributed by atoms with Gasteiger partial charge in [0.1, 0.15) is 0 Å². The minimum absolute atomic E-state index is 0.0390. The Kier molecular flexibility index (Phi) is 4.67. The van der Waals surface area contributed by atoms with Crippen molar-refractivity contribution >= 4 is 17.3 Å². The van der Waals surface area contributed by atoms with E-state index in [-0.39, 0.29) is 6.42 Å². The van der Waals surface area contributed by atoms with Gasteiger partial charge in [-0.15, -0.1) is 0 Å². The molecular weight excluding hydrogens is 351 g/mol. The number of aromatic nitrogens is 1. The Morgan fingerprint density at radius 3 is 2.40 bits per heavy atom. The van der Waals surface area contributed by atoms with E-state index in [4.69, 9.17) is 5.11 Å². The van der Waals surface area contributed by atoms with Crippen molar-refractivity contribution in [2.75, 3.05) is 0 Å². The molecule has 0 amide bonds. The molecule has 25 heavy (non-hydrogen) atoms. The molecule has 7 heteroatoms. The summed E-state index contributed by atoms with van der Waals surface area (Å²) in [6.07, 6.45) is -2.58. The van der Waals surface area contributed by atoms with Gasteiger partial charge in [-0.1, -0.05) is 0 Å². The van der Waals surface area contributed by atoms with Crippen molar-refractivity contribution in [2.45, 2.75) is 19.0 Å². The maximum absolute atomic E-state index is 13.2. The smallest absolute Gasteiger partial charge is 0.416 e. The summed E-state index contributed by atoms with van der Waals surface area (Å²) in [5.74, 6) is -0.921. The molecule has 3 aromatic rings. The van der Waals surface area contributed by atoms with Crippen LogP contribution < -0.4 is 0 Å². The second kappa shape index (κ2) is 6.76.